The summed E-state index contributed by atoms with van der Waals surface area (Å²) in [6.45, 7) is 12.2. The second kappa shape index (κ2) is 11.6. The number of amides is 1. The molecule has 4 heterocycles. The third-order valence-electron chi connectivity index (χ3n) is 9.15. The number of likely N-dealkylation sites (tertiary alicyclic amines) is 1. The molecule has 1 aliphatic carbocycles. The maximum Gasteiger partial charge on any atom is 0.318 e. The second-order valence-electron chi connectivity index (χ2n) is 11.7. The van der Waals surface area contributed by atoms with Gasteiger partial charge < -0.3 is 24.3 Å². The highest BCUT2D eigenvalue weighted by Crippen LogP contribution is 2.37. The number of ether oxygens (including phenoxy) is 1. The number of anilines is 1. The summed E-state index contributed by atoms with van der Waals surface area (Å²) in [5, 5.41) is 0. The topological polar surface area (TPSA) is 65.0 Å². The van der Waals surface area contributed by atoms with Crippen molar-refractivity contribution in [2.24, 2.45) is 0 Å². The fourth-order valence-corrected chi connectivity index (χ4v) is 6.81. The largest absolute Gasteiger partial charge is 0.462 e. The number of likely N-dealkylation sites (N-methyl/N-ethyl adjacent to an activating group) is 1. The van der Waals surface area contributed by atoms with Crippen molar-refractivity contribution in [1.82, 2.24) is 24.7 Å². The molecule has 40 heavy (non-hydrogen) atoms. The normalized spacial score (nSPS) is 21.6. The molecule has 3 aliphatic heterocycles. The Bertz CT molecular complexity index is 1300. The van der Waals surface area contributed by atoms with Gasteiger partial charge in [-0.1, -0.05) is 30.8 Å². The molecule has 0 N–H and O–H groups in total. The van der Waals surface area contributed by atoms with E-state index in [1.807, 2.05) is 4.90 Å². The minimum absolute atomic E-state index is 0.00192. The molecule has 0 unspecified atom stereocenters. The number of allylic oxidation sites excluding steroid dienone is 1. The highest BCUT2D eigenvalue weighted by Gasteiger charge is 2.30. The van der Waals surface area contributed by atoms with Crippen molar-refractivity contribution < 1.29 is 9.53 Å². The third-order valence-corrected chi connectivity index (χ3v) is 9.15. The van der Waals surface area contributed by atoms with Gasteiger partial charge in [0.1, 0.15) is 12.4 Å². The summed E-state index contributed by atoms with van der Waals surface area (Å²) in [5.41, 5.74) is 7.95. The third kappa shape index (κ3) is 5.33. The molecular formula is C32H42N6O2. The molecule has 0 spiro atoms. The lowest BCUT2D eigenvalue weighted by molar-refractivity contribution is -0.126. The van der Waals surface area contributed by atoms with Crippen LogP contribution in [0.4, 0.5) is 5.82 Å². The van der Waals surface area contributed by atoms with E-state index in [1.165, 1.54) is 40.5 Å². The van der Waals surface area contributed by atoms with Crippen LogP contribution in [0.25, 0.3) is 5.70 Å². The predicted octanol–water partition coefficient (Wildman–Crippen LogP) is 3.91. The molecule has 1 amide bonds. The van der Waals surface area contributed by atoms with Crippen LogP contribution >= 0.6 is 0 Å². The maximum atomic E-state index is 12.2. The number of fused-ring (bicyclic) bond motifs is 2. The summed E-state index contributed by atoms with van der Waals surface area (Å²) in [7, 11) is 2.17. The van der Waals surface area contributed by atoms with Gasteiger partial charge in [-0.25, -0.2) is 0 Å². The van der Waals surface area contributed by atoms with E-state index >= 15 is 0 Å². The van der Waals surface area contributed by atoms with Crippen LogP contribution in [0.15, 0.2) is 42.5 Å². The first-order valence-corrected chi connectivity index (χ1v) is 14.9. The number of piperazine rings is 1. The quantitative estimate of drug-likeness (QED) is 0.513. The molecule has 1 atom stereocenters. The molecule has 8 nitrogen and oxygen atoms in total. The molecule has 2 saturated heterocycles. The molecule has 8 heteroatoms. The van der Waals surface area contributed by atoms with Crippen LogP contribution in [-0.2, 0) is 24.2 Å². The van der Waals surface area contributed by atoms with Crippen LogP contribution in [0.3, 0.4) is 0 Å². The SMILES string of the molecule is C=CC(=O)N1CCN(c2nc(OC[C@@H]3CCCN3C)nc3c2CCCN(C2=C(C)CCc4ccccc42)C3)CC1. The standard InChI is InChI=1S/C32H42N6O2/c1-4-29(39)36-17-19-37(20-18-36)31-27-12-8-16-38(30-23(2)13-14-24-9-5-6-11-26(24)30)21-28(27)33-32(34-31)40-22-25-10-7-15-35(25)3/h4-6,9,11,25H,1,7-8,10,12-22H2,2-3H3/t25-/m0/s1. The number of benzene rings is 1. The summed E-state index contributed by atoms with van der Waals surface area (Å²) >= 11 is 0. The lowest BCUT2D eigenvalue weighted by Crippen LogP contribution is -2.49. The number of rotatable bonds is 6. The Morgan fingerprint density at radius 3 is 2.62 bits per heavy atom. The number of hydrogen-bond donors (Lipinski definition) is 0. The first-order chi connectivity index (χ1) is 19.5. The maximum absolute atomic E-state index is 12.2. The van der Waals surface area contributed by atoms with E-state index in [4.69, 9.17) is 14.7 Å². The number of carbonyl (C=O) groups is 1. The fourth-order valence-electron chi connectivity index (χ4n) is 6.81. The van der Waals surface area contributed by atoms with E-state index in [9.17, 15) is 4.79 Å². The van der Waals surface area contributed by atoms with Gasteiger partial charge in [-0.05, 0) is 76.3 Å². The monoisotopic (exact) mass is 542 g/mol. The van der Waals surface area contributed by atoms with Crippen molar-refractivity contribution in [1.29, 1.82) is 0 Å². The van der Waals surface area contributed by atoms with Gasteiger partial charge in [0.2, 0.25) is 5.91 Å². The van der Waals surface area contributed by atoms with Crippen molar-refractivity contribution in [2.75, 3.05) is 57.8 Å². The van der Waals surface area contributed by atoms with Crippen LogP contribution in [0, 0.1) is 0 Å². The van der Waals surface area contributed by atoms with Gasteiger partial charge in [-0.2, -0.15) is 9.97 Å². The average molecular weight is 543 g/mol. The predicted molar refractivity (Wildman–Crippen MR) is 158 cm³/mol. The summed E-state index contributed by atoms with van der Waals surface area (Å²) in [6, 6.07) is 9.75. The zero-order valence-electron chi connectivity index (χ0n) is 24.1. The summed E-state index contributed by atoms with van der Waals surface area (Å²) in [5.74, 6) is 0.986. The van der Waals surface area contributed by atoms with E-state index in [1.54, 1.807) is 0 Å². The lowest BCUT2D eigenvalue weighted by atomic mass is 9.89. The molecule has 0 radical (unpaired) electrons. The Labute approximate surface area is 238 Å². The molecule has 6 rings (SSSR count). The lowest BCUT2D eigenvalue weighted by Gasteiger charge is -2.36. The fraction of sp³-hybridized carbons (Fsp3) is 0.531. The van der Waals surface area contributed by atoms with Crippen molar-refractivity contribution in [3.8, 4) is 6.01 Å². The zero-order chi connectivity index (χ0) is 27.6. The van der Waals surface area contributed by atoms with Crippen LogP contribution in [0.1, 0.15) is 55.0 Å². The Balaban J connectivity index is 1.32. The van der Waals surface area contributed by atoms with Gasteiger partial charge >= 0.3 is 6.01 Å². The molecule has 2 fully saturated rings. The molecule has 212 valence electrons. The molecule has 2 aromatic rings. The average Bonchev–Trinajstić information content (AvgIpc) is 3.28. The van der Waals surface area contributed by atoms with Gasteiger partial charge in [-0.3, -0.25) is 4.79 Å². The van der Waals surface area contributed by atoms with Crippen LogP contribution < -0.4 is 9.64 Å². The summed E-state index contributed by atoms with van der Waals surface area (Å²) in [4.78, 5) is 31.4. The van der Waals surface area contributed by atoms with Gasteiger partial charge in [0.05, 0.1) is 12.2 Å². The van der Waals surface area contributed by atoms with Crippen molar-refractivity contribution >= 4 is 17.4 Å². The van der Waals surface area contributed by atoms with E-state index in [0.717, 1.165) is 76.3 Å². The van der Waals surface area contributed by atoms with Gasteiger partial charge in [-0.15, -0.1) is 0 Å². The molecule has 1 aromatic carbocycles. The van der Waals surface area contributed by atoms with E-state index in [2.05, 4.69) is 59.5 Å². The number of carbonyl (C=O) groups excluding carboxylic acids is 1. The minimum Gasteiger partial charge on any atom is -0.462 e. The van der Waals surface area contributed by atoms with Crippen molar-refractivity contribution in [3.63, 3.8) is 0 Å². The molecule has 0 bridgehead atoms. The van der Waals surface area contributed by atoms with Crippen LogP contribution in [-0.4, -0.2) is 89.5 Å². The van der Waals surface area contributed by atoms with Gasteiger partial charge in [0.15, 0.2) is 0 Å². The Kier molecular flexibility index (Phi) is 7.78. The van der Waals surface area contributed by atoms with Crippen molar-refractivity contribution in [2.45, 2.75) is 58.0 Å². The first kappa shape index (κ1) is 26.8. The number of hydrogen-bond acceptors (Lipinski definition) is 7. The highest BCUT2D eigenvalue weighted by atomic mass is 16.5. The summed E-state index contributed by atoms with van der Waals surface area (Å²) in [6.07, 6.45) is 7.95. The van der Waals surface area contributed by atoms with Crippen LogP contribution in [0.2, 0.25) is 0 Å². The van der Waals surface area contributed by atoms with Gasteiger partial charge in [0.25, 0.3) is 0 Å². The van der Waals surface area contributed by atoms with E-state index < -0.39 is 0 Å². The Morgan fingerprint density at radius 2 is 1.85 bits per heavy atom. The van der Waals surface area contributed by atoms with Gasteiger partial charge in [0, 0.05) is 55.6 Å². The van der Waals surface area contributed by atoms with E-state index in [0.29, 0.717) is 31.7 Å². The zero-order valence-corrected chi connectivity index (χ0v) is 24.1. The molecule has 4 aliphatic rings. The second-order valence-corrected chi connectivity index (χ2v) is 11.7. The Morgan fingerprint density at radius 1 is 1.02 bits per heavy atom. The van der Waals surface area contributed by atoms with Crippen molar-refractivity contribution in [3.05, 3.63) is 64.9 Å². The number of aryl methyl sites for hydroxylation is 1. The summed E-state index contributed by atoms with van der Waals surface area (Å²) < 4.78 is 6.33. The molecular weight excluding hydrogens is 500 g/mol. The number of nitrogens with zero attached hydrogens (tertiary/aromatic N) is 6. The van der Waals surface area contributed by atoms with E-state index in [-0.39, 0.29) is 5.91 Å². The van der Waals surface area contributed by atoms with Crippen LogP contribution in [0.5, 0.6) is 6.01 Å². The Hall–Kier alpha value is -3.39. The number of aromatic nitrogens is 2. The molecule has 1 aromatic heterocycles. The minimum atomic E-state index is -0.00192. The smallest absolute Gasteiger partial charge is 0.318 e. The highest BCUT2D eigenvalue weighted by molar-refractivity contribution is 5.87. The first-order valence-electron chi connectivity index (χ1n) is 14.9. The molecule has 0 saturated carbocycles.